The van der Waals surface area contributed by atoms with Crippen LogP contribution in [0.2, 0.25) is 0 Å². The Balaban J connectivity index is 2.33. The molecule has 0 amide bonds. The highest BCUT2D eigenvalue weighted by atomic mass is 79.9. The predicted octanol–water partition coefficient (Wildman–Crippen LogP) is 4.23. The Morgan fingerprint density at radius 2 is 2.23 bits per heavy atom. The van der Waals surface area contributed by atoms with Gasteiger partial charge in [-0.1, -0.05) is 28.9 Å². The highest BCUT2D eigenvalue weighted by Gasteiger charge is 2.26. The van der Waals surface area contributed by atoms with E-state index in [4.69, 9.17) is 5.73 Å². The lowest BCUT2D eigenvalue weighted by Crippen LogP contribution is -2.17. The smallest absolute Gasteiger partial charge is 0.142 e. The average Bonchev–Trinajstić information content (AvgIpc) is 2.47. The van der Waals surface area contributed by atoms with Crippen LogP contribution in [0, 0.1) is 23.1 Å². The number of hydrogen-bond acceptors (Lipinski definition) is 3. The molecular formula is C17H15BrFN3. The van der Waals surface area contributed by atoms with Gasteiger partial charge in [0.25, 0.3) is 0 Å². The molecule has 0 aliphatic heterocycles. The van der Waals surface area contributed by atoms with Crippen molar-refractivity contribution in [1.29, 1.82) is 5.26 Å². The fourth-order valence-electron chi connectivity index (χ4n) is 3.05. The van der Waals surface area contributed by atoms with Gasteiger partial charge in [0, 0.05) is 21.3 Å². The summed E-state index contributed by atoms with van der Waals surface area (Å²) in [5.41, 5.74) is 9.10. The van der Waals surface area contributed by atoms with Crippen LogP contribution in [0.1, 0.15) is 30.2 Å². The summed E-state index contributed by atoms with van der Waals surface area (Å²) >= 11 is 3.26. The molecule has 1 aliphatic carbocycles. The van der Waals surface area contributed by atoms with Crippen LogP contribution in [0.3, 0.4) is 0 Å². The monoisotopic (exact) mass is 359 g/mol. The number of aryl methyl sites for hydroxylation is 1. The molecule has 5 heteroatoms. The zero-order valence-electron chi connectivity index (χ0n) is 12.2. The van der Waals surface area contributed by atoms with Gasteiger partial charge in [-0.05, 0) is 42.9 Å². The van der Waals surface area contributed by atoms with Crippen molar-refractivity contribution in [2.75, 3.05) is 5.73 Å². The number of benzene rings is 1. The second kappa shape index (κ2) is 5.69. The van der Waals surface area contributed by atoms with Crippen molar-refractivity contribution in [1.82, 2.24) is 4.98 Å². The van der Waals surface area contributed by atoms with Crippen LogP contribution in [0.5, 0.6) is 0 Å². The lowest BCUT2D eigenvalue weighted by molar-refractivity contribution is 0.495. The number of nitrogen functional groups attached to an aromatic ring is 1. The first-order valence-electron chi connectivity index (χ1n) is 7.18. The minimum atomic E-state index is -0.364. The number of pyridine rings is 1. The number of nitriles is 1. The first kappa shape index (κ1) is 15.0. The number of fused-ring (bicyclic) bond motifs is 1. The van der Waals surface area contributed by atoms with E-state index in [1.807, 2.05) is 0 Å². The van der Waals surface area contributed by atoms with E-state index in [9.17, 15) is 9.65 Å². The van der Waals surface area contributed by atoms with Crippen molar-refractivity contribution >= 4 is 21.7 Å². The van der Waals surface area contributed by atoms with E-state index in [0.29, 0.717) is 21.5 Å². The van der Waals surface area contributed by atoms with Gasteiger partial charge >= 0.3 is 0 Å². The Hall–Kier alpha value is -1.93. The molecule has 0 fully saturated rings. The molecule has 0 bridgehead atoms. The standard InChI is InChI=1S/C17H15BrFN3/c1-9-2-5-15-12(6-9)16(13(8-20)17(21)22-15)11-4-3-10(18)7-14(11)19/h3-4,7,9H,2,5-6H2,1H3,(H2,21,22). The maximum absolute atomic E-state index is 14.5. The van der Waals surface area contributed by atoms with Crippen LogP contribution >= 0.6 is 15.9 Å². The second-order valence-electron chi connectivity index (χ2n) is 5.76. The lowest BCUT2D eigenvalue weighted by Gasteiger charge is -2.25. The molecule has 0 saturated heterocycles. The van der Waals surface area contributed by atoms with E-state index < -0.39 is 0 Å². The normalized spacial score (nSPS) is 16.9. The van der Waals surface area contributed by atoms with Gasteiger partial charge in [-0.2, -0.15) is 5.26 Å². The summed E-state index contributed by atoms with van der Waals surface area (Å²) in [7, 11) is 0. The van der Waals surface area contributed by atoms with Gasteiger partial charge < -0.3 is 5.73 Å². The SMILES string of the molecule is CC1CCc2nc(N)c(C#N)c(-c3ccc(Br)cc3F)c2C1. The van der Waals surface area contributed by atoms with Crippen molar-refractivity contribution < 1.29 is 4.39 Å². The van der Waals surface area contributed by atoms with Crippen molar-refractivity contribution in [3.05, 3.63) is 45.3 Å². The molecule has 22 heavy (non-hydrogen) atoms. The van der Waals surface area contributed by atoms with Crippen LogP contribution in [0.25, 0.3) is 11.1 Å². The van der Waals surface area contributed by atoms with E-state index in [1.54, 1.807) is 12.1 Å². The zero-order valence-corrected chi connectivity index (χ0v) is 13.7. The summed E-state index contributed by atoms with van der Waals surface area (Å²) in [6.07, 6.45) is 2.65. The molecular weight excluding hydrogens is 345 g/mol. The third-order valence-electron chi connectivity index (χ3n) is 4.15. The average molecular weight is 360 g/mol. The Morgan fingerprint density at radius 1 is 1.45 bits per heavy atom. The number of halogens is 2. The first-order valence-corrected chi connectivity index (χ1v) is 7.97. The molecule has 112 valence electrons. The largest absolute Gasteiger partial charge is 0.383 e. The molecule has 1 heterocycles. The Labute approximate surface area is 137 Å². The van der Waals surface area contributed by atoms with Gasteiger partial charge in [0.1, 0.15) is 23.3 Å². The zero-order chi connectivity index (χ0) is 15.9. The van der Waals surface area contributed by atoms with Crippen molar-refractivity contribution in [3.63, 3.8) is 0 Å². The third kappa shape index (κ3) is 2.48. The number of rotatable bonds is 1. The highest BCUT2D eigenvalue weighted by Crippen LogP contribution is 2.38. The summed E-state index contributed by atoms with van der Waals surface area (Å²) in [4.78, 5) is 4.38. The molecule has 0 saturated carbocycles. The fourth-order valence-corrected chi connectivity index (χ4v) is 3.39. The number of hydrogen-bond donors (Lipinski definition) is 1. The molecule has 1 aliphatic rings. The van der Waals surface area contributed by atoms with Gasteiger partial charge in [-0.15, -0.1) is 0 Å². The third-order valence-corrected chi connectivity index (χ3v) is 4.64. The first-order chi connectivity index (χ1) is 10.5. The summed E-state index contributed by atoms with van der Waals surface area (Å²) in [5.74, 6) is 0.312. The summed E-state index contributed by atoms with van der Waals surface area (Å²) in [6, 6.07) is 6.97. The van der Waals surface area contributed by atoms with Gasteiger partial charge in [-0.25, -0.2) is 9.37 Å². The van der Waals surface area contributed by atoms with E-state index in [1.165, 1.54) is 6.07 Å². The number of aromatic nitrogens is 1. The van der Waals surface area contributed by atoms with Gasteiger partial charge in [0.05, 0.1) is 0 Å². The number of nitrogens with two attached hydrogens (primary N) is 1. The Kier molecular flexibility index (Phi) is 3.88. The van der Waals surface area contributed by atoms with E-state index >= 15 is 0 Å². The van der Waals surface area contributed by atoms with E-state index in [-0.39, 0.29) is 17.2 Å². The summed E-state index contributed by atoms with van der Waals surface area (Å²) in [5, 5.41) is 9.47. The van der Waals surface area contributed by atoms with Crippen molar-refractivity contribution in [2.45, 2.75) is 26.2 Å². The molecule has 2 N–H and O–H groups in total. The molecule has 1 atom stereocenters. The van der Waals surface area contributed by atoms with Gasteiger partial charge in [-0.3, -0.25) is 0 Å². The number of nitrogens with zero attached hydrogens (tertiary/aromatic N) is 2. The van der Waals surface area contributed by atoms with E-state index in [2.05, 4.69) is 33.9 Å². The lowest BCUT2D eigenvalue weighted by atomic mass is 9.82. The minimum Gasteiger partial charge on any atom is -0.383 e. The summed E-state index contributed by atoms with van der Waals surface area (Å²) < 4.78 is 15.1. The number of anilines is 1. The molecule has 0 spiro atoms. The van der Waals surface area contributed by atoms with Gasteiger partial charge in [0.2, 0.25) is 0 Å². The predicted molar refractivity (Wildman–Crippen MR) is 87.6 cm³/mol. The van der Waals surface area contributed by atoms with Crippen LogP contribution in [0.15, 0.2) is 22.7 Å². The van der Waals surface area contributed by atoms with Crippen molar-refractivity contribution in [3.8, 4) is 17.2 Å². The highest BCUT2D eigenvalue weighted by molar-refractivity contribution is 9.10. The Morgan fingerprint density at radius 3 is 2.91 bits per heavy atom. The van der Waals surface area contributed by atoms with Crippen LogP contribution < -0.4 is 5.73 Å². The fraction of sp³-hybridized carbons (Fsp3) is 0.294. The Bertz CT molecular complexity index is 795. The molecule has 0 radical (unpaired) electrons. The van der Waals surface area contributed by atoms with Crippen LogP contribution in [-0.4, -0.2) is 4.98 Å². The molecule has 3 rings (SSSR count). The molecule has 3 nitrogen and oxygen atoms in total. The minimum absolute atomic E-state index is 0.188. The molecule has 1 aromatic heterocycles. The topological polar surface area (TPSA) is 62.7 Å². The summed E-state index contributed by atoms with van der Waals surface area (Å²) in [6.45, 7) is 2.16. The van der Waals surface area contributed by atoms with Crippen molar-refractivity contribution in [2.24, 2.45) is 5.92 Å². The molecule has 1 unspecified atom stereocenters. The maximum atomic E-state index is 14.5. The van der Waals surface area contributed by atoms with E-state index in [0.717, 1.165) is 30.5 Å². The van der Waals surface area contributed by atoms with Crippen LogP contribution in [0.4, 0.5) is 10.2 Å². The molecule has 2 aromatic rings. The van der Waals surface area contributed by atoms with Crippen LogP contribution in [-0.2, 0) is 12.8 Å². The quantitative estimate of drug-likeness (QED) is 0.828. The maximum Gasteiger partial charge on any atom is 0.142 e. The molecule has 1 aromatic carbocycles. The second-order valence-corrected chi connectivity index (χ2v) is 6.67. The van der Waals surface area contributed by atoms with Gasteiger partial charge in [0.15, 0.2) is 0 Å².